The van der Waals surface area contributed by atoms with Crippen LogP contribution in [-0.4, -0.2) is 18.3 Å². The highest BCUT2D eigenvalue weighted by Crippen LogP contribution is 2.47. The minimum atomic E-state index is 0.0635. The minimum absolute atomic E-state index is 0.0635. The van der Waals surface area contributed by atoms with E-state index in [-0.39, 0.29) is 12.0 Å². The highest BCUT2D eigenvalue weighted by Gasteiger charge is 2.43. The van der Waals surface area contributed by atoms with Crippen LogP contribution in [0.1, 0.15) is 45.1 Å². The van der Waals surface area contributed by atoms with Crippen LogP contribution in [0.3, 0.4) is 0 Å². The third-order valence-corrected chi connectivity index (χ3v) is 3.94. The van der Waals surface area contributed by atoms with E-state index in [1.54, 1.807) is 0 Å². The molecule has 0 aliphatic heterocycles. The van der Waals surface area contributed by atoms with Gasteiger partial charge in [-0.05, 0) is 42.9 Å². The first-order valence-electron chi connectivity index (χ1n) is 7.04. The summed E-state index contributed by atoms with van der Waals surface area (Å²) < 4.78 is 5.78. The van der Waals surface area contributed by atoms with Crippen molar-refractivity contribution in [2.45, 2.75) is 44.9 Å². The quantitative estimate of drug-likeness (QED) is 0.800. The molecule has 2 rings (SSSR count). The summed E-state index contributed by atoms with van der Waals surface area (Å²) in [6.07, 6.45) is 4.64. The molecule has 0 saturated heterocycles. The van der Waals surface area contributed by atoms with Gasteiger partial charge in [0.25, 0.3) is 0 Å². The van der Waals surface area contributed by atoms with E-state index >= 15 is 0 Å². The van der Waals surface area contributed by atoms with E-state index < -0.39 is 0 Å². The van der Waals surface area contributed by atoms with Crippen LogP contribution >= 0.6 is 0 Å². The Balaban J connectivity index is 1.88. The Labute approximate surface area is 110 Å². The molecule has 1 fully saturated rings. The number of hydrogen-bond acceptors (Lipinski definition) is 2. The van der Waals surface area contributed by atoms with E-state index in [2.05, 4.69) is 26.0 Å². The summed E-state index contributed by atoms with van der Waals surface area (Å²) in [4.78, 5) is 0. The zero-order chi connectivity index (χ0) is 13.0. The van der Waals surface area contributed by atoms with Crippen LogP contribution < -0.4 is 4.74 Å². The van der Waals surface area contributed by atoms with E-state index in [0.29, 0.717) is 5.92 Å². The fourth-order valence-corrected chi connectivity index (χ4v) is 2.41. The van der Waals surface area contributed by atoms with Crippen molar-refractivity contribution in [2.75, 3.05) is 13.2 Å². The maximum atomic E-state index is 9.38. The lowest BCUT2D eigenvalue weighted by Crippen LogP contribution is -2.12. The molecule has 18 heavy (non-hydrogen) atoms. The molecule has 1 saturated carbocycles. The number of rotatable bonds is 7. The summed E-state index contributed by atoms with van der Waals surface area (Å²) in [7, 11) is 0. The van der Waals surface area contributed by atoms with Gasteiger partial charge in [-0.3, -0.25) is 0 Å². The molecule has 0 amide bonds. The molecule has 1 N–H and O–H groups in total. The van der Waals surface area contributed by atoms with Crippen LogP contribution in [-0.2, 0) is 5.41 Å². The SMILES string of the molecule is CCCC(C)COc1ccc(C2(CO)CC2)cc1. The summed E-state index contributed by atoms with van der Waals surface area (Å²) in [5, 5.41) is 9.38. The van der Waals surface area contributed by atoms with Gasteiger partial charge in [0.1, 0.15) is 5.75 Å². The molecule has 0 heterocycles. The monoisotopic (exact) mass is 248 g/mol. The third-order valence-electron chi connectivity index (χ3n) is 3.94. The Hall–Kier alpha value is -1.02. The molecular weight excluding hydrogens is 224 g/mol. The topological polar surface area (TPSA) is 29.5 Å². The smallest absolute Gasteiger partial charge is 0.119 e. The zero-order valence-electron chi connectivity index (χ0n) is 11.5. The normalized spacial score (nSPS) is 18.4. The van der Waals surface area contributed by atoms with Gasteiger partial charge < -0.3 is 9.84 Å². The van der Waals surface area contributed by atoms with Gasteiger partial charge in [0.15, 0.2) is 0 Å². The lowest BCUT2D eigenvalue weighted by atomic mass is 9.97. The van der Waals surface area contributed by atoms with E-state index in [0.717, 1.165) is 25.2 Å². The van der Waals surface area contributed by atoms with Crippen LogP contribution in [0.5, 0.6) is 5.75 Å². The molecule has 2 nitrogen and oxygen atoms in total. The van der Waals surface area contributed by atoms with Crippen molar-refractivity contribution in [2.24, 2.45) is 5.92 Å². The van der Waals surface area contributed by atoms with Gasteiger partial charge in [-0.2, -0.15) is 0 Å². The molecule has 2 heteroatoms. The maximum Gasteiger partial charge on any atom is 0.119 e. The molecule has 1 atom stereocenters. The zero-order valence-corrected chi connectivity index (χ0v) is 11.5. The van der Waals surface area contributed by atoms with Gasteiger partial charge in [0.05, 0.1) is 13.2 Å². The summed E-state index contributed by atoms with van der Waals surface area (Å²) in [5.41, 5.74) is 1.31. The predicted octanol–water partition coefficient (Wildman–Crippen LogP) is 3.53. The lowest BCUT2D eigenvalue weighted by molar-refractivity contribution is 0.249. The first kappa shape index (κ1) is 13.4. The lowest BCUT2D eigenvalue weighted by Gasteiger charge is -2.15. The van der Waals surface area contributed by atoms with Gasteiger partial charge in [-0.15, -0.1) is 0 Å². The second kappa shape index (κ2) is 5.75. The molecule has 0 spiro atoms. The Morgan fingerprint density at radius 3 is 2.44 bits per heavy atom. The summed E-state index contributed by atoms with van der Waals surface area (Å²) >= 11 is 0. The predicted molar refractivity (Wildman–Crippen MR) is 74.0 cm³/mol. The molecule has 0 radical (unpaired) electrons. The number of aliphatic hydroxyl groups excluding tert-OH is 1. The second-order valence-corrected chi connectivity index (χ2v) is 5.67. The van der Waals surface area contributed by atoms with Gasteiger partial charge in [0.2, 0.25) is 0 Å². The molecule has 1 aromatic rings. The Morgan fingerprint density at radius 1 is 1.28 bits per heavy atom. The average Bonchev–Trinajstić information content (AvgIpc) is 3.18. The van der Waals surface area contributed by atoms with Crippen LogP contribution in [0.25, 0.3) is 0 Å². The van der Waals surface area contributed by atoms with E-state index in [4.69, 9.17) is 4.74 Å². The van der Waals surface area contributed by atoms with Gasteiger partial charge in [-0.25, -0.2) is 0 Å². The summed E-state index contributed by atoms with van der Waals surface area (Å²) in [6, 6.07) is 8.26. The summed E-state index contributed by atoms with van der Waals surface area (Å²) in [6.45, 7) is 5.48. The Kier molecular flexibility index (Phi) is 4.28. The highest BCUT2D eigenvalue weighted by molar-refractivity contribution is 5.36. The van der Waals surface area contributed by atoms with Crippen molar-refractivity contribution in [1.29, 1.82) is 0 Å². The molecule has 1 aromatic carbocycles. The van der Waals surface area contributed by atoms with Gasteiger partial charge in [-0.1, -0.05) is 32.4 Å². The Morgan fingerprint density at radius 2 is 1.94 bits per heavy atom. The fraction of sp³-hybridized carbons (Fsp3) is 0.625. The number of aliphatic hydroxyl groups is 1. The summed E-state index contributed by atoms with van der Waals surface area (Å²) in [5.74, 6) is 1.55. The Bertz CT molecular complexity index is 365. The van der Waals surface area contributed by atoms with Crippen LogP contribution in [0.4, 0.5) is 0 Å². The molecule has 0 aromatic heterocycles. The number of hydrogen-bond donors (Lipinski definition) is 1. The van der Waals surface area contributed by atoms with Crippen molar-refractivity contribution in [3.05, 3.63) is 29.8 Å². The molecule has 100 valence electrons. The van der Waals surface area contributed by atoms with Crippen LogP contribution in [0.2, 0.25) is 0 Å². The molecule has 1 unspecified atom stereocenters. The fourth-order valence-electron chi connectivity index (χ4n) is 2.41. The van der Waals surface area contributed by atoms with E-state index in [1.165, 1.54) is 18.4 Å². The average molecular weight is 248 g/mol. The van der Waals surface area contributed by atoms with Crippen molar-refractivity contribution in [1.82, 2.24) is 0 Å². The molecule has 0 bridgehead atoms. The van der Waals surface area contributed by atoms with Crippen molar-refractivity contribution in [3.8, 4) is 5.75 Å². The maximum absolute atomic E-state index is 9.38. The van der Waals surface area contributed by atoms with Crippen molar-refractivity contribution in [3.63, 3.8) is 0 Å². The van der Waals surface area contributed by atoms with Gasteiger partial charge >= 0.3 is 0 Å². The van der Waals surface area contributed by atoms with Crippen molar-refractivity contribution < 1.29 is 9.84 Å². The van der Waals surface area contributed by atoms with Gasteiger partial charge in [0, 0.05) is 5.41 Å². The van der Waals surface area contributed by atoms with Crippen LogP contribution in [0.15, 0.2) is 24.3 Å². The van der Waals surface area contributed by atoms with E-state index in [9.17, 15) is 5.11 Å². The standard InChI is InChI=1S/C16H24O2/c1-3-4-13(2)11-18-15-7-5-14(6-8-15)16(12-17)9-10-16/h5-8,13,17H,3-4,9-12H2,1-2H3. The van der Waals surface area contributed by atoms with E-state index in [1.807, 2.05) is 12.1 Å². The first-order chi connectivity index (χ1) is 8.70. The van der Waals surface area contributed by atoms with Crippen molar-refractivity contribution >= 4 is 0 Å². The first-order valence-corrected chi connectivity index (χ1v) is 7.04. The molecular formula is C16H24O2. The largest absolute Gasteiger partial charge is 0.493 e. The number of benzene rings is 1. The molecule has 1 aliphatic rings. The second-order valence-electron chi connectivity index (χ2n) is 5.67. The highest BCUT2D eigenvalue weighted by atomic mass is 16.5. The van der Waals surface area contributed by atoms with Crippen LogP contribution in [0, 0.1) is 5.92 Å². The number of ether oxygens (including phenoxy) is 1. The third kappa shape index (κ3) is 3.05. The molecule has 1 aliphatic carbocycles. The minimum Gasteiger partial charge on any atom is -0.493 e.